The summed E-state index contributed by atoms with van der Waals surface area (Å²) in [6.45, 7) is 5.21. The fourth-order valence-electron chi connectivity index (χ4n) is 3.96. The van der Waals surface area contributed by atoms with Gasteiger partial charge in [-0.25, -0.2) is 4.79 Å². The first-order chi connectivity index (χ1) is 10.6. The van der Waals surface area contributed by atoms with Crippen LogP contribution in [0.25, 0.3) is 0 Å². The lowest BCUT2D eigenvalue weighted by Crippen LogP contribution is -2.44. The van der Waals surface area contributed by atoms with Crippen molar-refractivity contribution < 1.29 is 4.79 Å². The Labute approximate surface area is 133 Å². The lowest BCUT2D eigenvalue weighted by atomic mass is 9.80. The lowest BCUT2D eigenvalue weighted by Gasteiger charge is -2.31. The van der Waals surface area contributed by atoms with Crippen molar-refractivity contribution in [2.75, 3.05) is 0 Å². The van der Waals surface area contributed by atoms with Crippen LogP contribution in [0.15, 0.2) is 24.3 Å². The van der Waals surface area contributed by atoms with Gasteiger partial charge in [-0.15, -0.1) is 0 Å². The molecule has 0 saturated heterocycles. The Morgan fingerprint density at radius 1 is 1.09 bits per heavy atom. The minimum Gasteiger partial charge on any atom is -0.335 e. The molecule has 0 spiro atoms. The Bertz CT molecular complexity index is 514. The second-order valence-corrected chi connectivity index (χ2v) is 7.41. The summed E-state index contributed by atoms with van der Waals surface area (Å²) >= 11 is 0. The number of amides is 2. The maximum atomic E-state index is 12.2. The number of nitrogens with one attached hydrogen (secondary N) is 2. The predicted molar refractivity (Wildman–Crippen MR) is 89.8 cm³/mol. The van der Waals surface area contributed by atoms with E-state index in [-0.39, 0.29) is 6.03 Å². The molecule has 3 heteroatoms. The average molecular weight is 300 g/mol. The highest BCUT2D eigenvalue weighted by Crippen LogP contribution is 2.41. The quantitative estimate of drug-likeness (QED) is 0.860. The number of benzene rings is 1. The van der Waals surface area contributed by atoms with Crippen LogP contribution in [0.2, 0.25) is 0 Å². The van der Waals surface area contributed by atoms with E-state index in [9.17, 15) is 4.79 Å². The first-order valence-electron chi connectivity index (χ1n) is 8.74. The van der Waals surface area contributed by atoms with Gasteiger partial charge in [-0.05, 0) is 61.0 Å². The number of hydrogen-bond acceptors (Lipinski definition) is 1. The van der Waals surface area contributed by atoms with E-state index in [1.807, 2.05) is 0 Å². The SMILES string of the molecule is CC1CC(C)CC(NC(=O)NCc2ccccc2C2CC2)C1. The summed E-state index contributed by atoms with van der Waals surface area (Å²) < 4.78 is 0. The Morgan fingerprint density at radius 3 is 2.45 bits per heavy atom. The molecule has 1 aromatic carbocycles. The van der Waals surface area contributed by atoms with Crippen molar-refractivity contribution in [1.29, 1.82) is 0 Å². The second kappa shape index (κ2) is 6.72. The van der Waals surface area contributed by atoms with E-state index in [1.165, 1.54) is 30.4 Å². The van der Waals surface area contributed by atoms with Crippen molar-refractivity contribution in [2.45, 2.75) is 64.5 Å². The lowest BCUT2D eigenvalue weighted by molar-refractivity contribution is 0.213. The molecule has 22 heavy (non-hydrogen) atoms. The molecule has 3 nitrogen and oxygen atoms in total. The smallest absolute Gasteiger partial charge is 0.315 e. The van der Waals surface area contributed by atoms with Gasteiger partial charge < -0.3 is 10.6 Å². The normalized spacial score (nSPS) is 28.2. The number of hydrogen-bond donors (Lipinski definition) is 2. The molecule has 0 aromatic heterocycles. The Morgan fingerprint density at radius 2 is 1.77 bits per heavy atom. The van der Waals surface area contributed by atoms with E-state index < -0.39 is 0 Å². The van der Waals surface area contributed by atoms with Crippen molar-refractivity contribution in [3.8, 4) is 0 Å². The molecule has 2 aliphatic rings. The van der Waals surface area contributed by atoms with Crippen LogP contribution in [-0.4, -0.2) is 12.1 Å². The predicted octanol–water partition coefficient (Wildman–Crippen LogP) is 4.19. The largest absolute Gasteiger partial charge is 0.335 e. The molecule has 2 N–H and O–H groups in total. The van der Waals surface area contributed by atoms with Crippen molar-refractivity contribution >= 4 is 6.03 Å². The van der Waals surface area contributed by atoms with Crippen LogP contribution in [0.4, 0.5) is 4.79 Å². The minimum atomic E-state index is -0.0168. The molecule has 0 heterocycles. The number of carbonyl (C=O) groups excluding carboxylic acids is 1. The highest BCUT2D eigenvalue weighted by molar-refractivity contribution is 5.74. The molecule has 0 radical (unpaired) electrons. The molecule has 2 saturated carbocycles. The van der Waals surface area contributed by atoms with E-state index in [4.69, 9.17) is 0 Å². The molecule has 3 rings (SSSR count). The third-order valence-corrected chi connectivity index (χ3v) is 5.03. The zero-order valence-corrected chi connectivity index (χ0v) is 13.8. The van der Waals surface area contributed by atoms with Gasteiger partial charge in [0.05, 0.1) is 0 Å². The minimum absolute atomic E-state index is 0.0168. The number of carbonyl (C=O) groups is 1. The van der Waals surface area contributed by atoms with Crippen LogP contribution in [0, 0.1) is 11.8 Å². The number of urea groups is 1. The topological polar surface area (TPSA) is 41.1 Å². The van der Waals surface area contributed by atoms with Gasteiger partial charge in [0.1, 0.15) is 0 Å². The first-order valence-corrected chi connectivity index (χ1v) is 8.74. The van der Waals surface area contributed by atoms with Crippen molar-refractivity contribution in [1.82, 2.24) is 10.6 Å². The first kappa shape index (κ1) is 15.4. The van der Waals surface area contributed by atoms with Gasteiger partial charge in [0.25, 0.3) is 0 Å². The number of rotatable bonds is 4. The standard InChI is InChI=1S/C19H28N2O/c1-13-9-14(2)11-17(10-13)21-19(22)20-12-16-5-3-4-6-18(16)15-7-8-15/h3-6,13-15,17H,7-12H2,1-2H3,(H2,20,21,22). The maximum absolute atomic E-state index is 12.2. The van der Waals surface area contributed by atoms with Gasteiger partial charge in [0.2, 0.25) is 0 Å². The van der Waals surface area contributed by atoms with Crippen LogP contribution < -0.4 is 10.6 Å². The zero-order valence-electron chi connectivity index (χ0n) is 13.8. The molecule has 2 aliphatic carbocycles. The Balaban J connectivity index is 1.50. The molecule has 2 fully saturated rings. The van der Waals surface area contributed by atoms with Gasteiger partial charge in [0, 0.05) is 12.6 Å². The van der Waals surface area contributed by atoms with E-state index >= 15 is 0 Å². The third kappa shape index (κ3) is 4.02. The maximum Gasteiger partial charge on any atom is 0.315 e. The van der Waals surface area contributed by atoms with Crippen LogP contribution in [0.1, 0.15) is 63.0 Å². The molecule has 1 aromatic rings. The molecule has 2 amide bonds. The van der Waals surface area contributed by atoms with E-state index in [0.717, 1.165) is 18.8 Å². The second-order valence-electron chi connectivity index (χ2n) is 7.41. The molecule has 2 atom stereocenters. The Kier molecular flexibility index (Phi) is 4.70. The summed E-state index contributed by atoms with van der Waals surface area (Å²) in [7, 11) is 0. The highest BCUT2D eigenvalue weighted by Gasteiger charge is 2.26. The molecule has 0 aliphatic heterocycles. The van der Waals surface area contributed by atoms with Crippen molar-refractivity contribution in [3.05, 3.63) is 35.4 Å². The fourth-order valence-corrected chi connectivity index (χ4v) is 3.96. The van der Waals surface area contributed by atoms with Gasteiger partial charge in [-0.1, -0.05) is 38.1 Å². The summed E-state index contributed by atoms with van der Waals surface area (Å²) in [5.41, 5.74) is 2.69. The summed E-state index contributed by atoms with van der Waals surface area (Å²) in [5.74, 6) is 2.15. The monoisotopic (exact) mass is 300 g/mol. The van der Waals surface area contributed by atoms with Gasteiger partial charge in [-0.3, -0.25) is 0 Å². The van der Waals surface area contributed by atoms with Gasteiger partial charge >= 0.3 is 6.03 Å². The van der Waals surface area contributed by atoms with E-state index in [1.54, 1.807) is 0 Å². The van der Waals surface area contributed by atoms with Crippen molar-refractivity contribution in [3.63, 3.8) is 0 Å². The van der Waals surface area contributed by atoms with Crippen LogP contribution >= 0.6 is 0 Å². The van der Waals surface area contributed by atoms with E-state index in [0.29, 0.717) is 24.4 Å². The van der Waals surface area contributed by atoms with Gasteiger partial charge in [0.15, 0.2) is 0 Å². The summed E-state index contributed by atoms with van der Waals surface area (Å²) in [4.78, 5) is 12.2. The molecule has 0 bridgehead atoms. The highest BCUT2D eigenvalue weighted by atomic mass is 16.2. The zero-order chi connectivity index (χ0) is 15.5. The average Bonchev–Trinajstić information content (AvgIpc) is 3.29. The summed E-state index contributed by atoms with van der Waals surface area (Å²) in [6.07, 6.45) is 6.09. The van der Waals surface area contributed by atoms with Crippen LogP contribution in [0.5, 0.6) is 0 Å². The summed E-state index contributed by atoms with van der Waals surface area (Å²) in [5, 5.41) is 6.21. The van der Waals surface area contributed by atoms with Crippen molar-refractivity contribution in [2.24, 2.45) is 11.8 Å². The fraction of sp³-hybridized carbons (Fsp3) is 0.632. The summed E-state index contributed by atoms with van der Waals surface area (Å²) in [6, 6.07) is 8.82. The van der Waals surface area contributed by atoms with E-state index in [2.05, 4.69) is 48.7 Å². The molecular formula is C19H28N2O. The van der Waals surface area contributed by atoms with Crippen LogP contribution in [0.3, 0.4) is 0 Å². The molecule has 120 valence electrons. The molecular weight excluding hydrogens is 272 g/mol. The third-order valence-electron chi connectivity index (χ3n) is 5.03. The van der Waals surface area contributed by atoms with Gasteiger partial charge in [-0.2, -0.15) is 0 Å². The van der Waals surface area contributed by atoms with Crippen LogP contribution in [-0.2, 0) is 6.54 Å². The Hall–Kier alpha value is -1.51. The molecule has 2 unspecified atom stereocenters.